The van der Waals surface area contributed by atoms with E-state index >= 15 is 0 Å². The molecule has 0 unspecified atom stereocenters. The third-order valence-corrected chi connectivity index (χ3v) is 3.16. The maximum atomic E-state index is 12.2. The Bertz CT molecular complexity index is 607. The van der Waals surface area contributed by atoms with Crippen LogP contribution in [0.4, 0.5) is 0 Å². The summed E-state index contributed by atoms with van der Waals surface area (Å²) in [5.74, 6) is -0.287. The zero-order valence-electron chi connectivity index (χ0n) is 9.81. The summed E-state index contributed by atoms with van der Waals surface area (Å²) in [5.41, 5.74) is 1.48. The van der Waals surface area contributed by atoms with Gasteiger partial charge in [0.2, 0.25) is 0 Å². The molecule has 0 N–H and O–H groups in total. The van der Waals surface area contributed by atoms with Crippen LogP contribution in [-0.2, 0) is 0 Å². The first kappa shape index (κ1) is 12.7. The number of benzene rings is 1. The van der Waals surface area contributed by atoms with Crippen molar-refractivity contribution >= 4 is 27.5 Å². The Morgan fingerprint density at radius 1 is 1.00 bits per heavy atom. The summed E-state index contributed by atoms with van der Waals surface area (Å²) in [4.78, 5) is 24.2. The molecular formula is C15H11BrO2. The molecule has 0 amide bonds. The first-order chi connectivity index (χ1) is 8.59. The van der Waals surface area contributed by atoms with E-state index in [-0.39, 0.29) is 11.6 Å². The van der Waals surface area contributed by atoms with Crippen molar-refractivity contribution in [3.05, 3.63) is 69.8 Å². The molecule has 0 radical (unpaired) electrons. The molecule has 0 spiro atoms. The van der Waals surface area contributed by atoms with Crippen molar-refractivity contribution in [1.29, 1.82) is 0 Å². The average Bonchev–Trinajstić information content (AvgIpc) is 2.36. The number of allylic oxidation sites excluding steroid dienone is 6. The van der Waals surface area contributed by atoms with Gasteiger partial charge in [0.15, 0.2) is 11.6 Å². The Balaban J connectivity index is 2.66. The Labute approximate surface area is 114 Å². The quantitative estimate of drug-likeness (QED) is 0.728. The predicted octanol–water partition coefficient (Wildman–Crippen LogP) is 3.89. The summed E-state index contributed by atoms with van der Waals surface area (Å²) in [7, 11) is 0. The second-order valence-corrected chi connectivity index (χ2v) is 4.89. The molecule has 2 rings (SSSR count). The van der Waals surface area contributed by atoms with E-state index in [2.05, 4.69) is 15.9 Å². The molecule has 1 aliphatic carbocycles. The normalized spacial score (nSPS) is 21.8. The van der Waals surface area contributed by atoms with E-state index in [1.54, 1.807) is 49.4 Å². The van der Waals surface area contributed by atoms with Gasteiger partial charge >= 0.3 is 0 Å². The average molecular weight is 303 g/mol. The molecule has 0 saturated carbocycles. The summed E-state index contributed by atoms with van der Waals surface area (Å²) in [6.45, 7) is 1.74. The van der Waals surface area contributed by atoms with Gasteiger partial charge in [-0.2, -0.15) is 0 Å². The lowest BCUT2D eigenvalue weighted by Gasteiger charge is -2.07. The first-order valence-corrected chi connectivity index (χ1v) is 6.29. The Kier molecular flexibility index (Phi) is 3.72. The molecule has 90 valence electrons. The second kappa shape index (κ2) is 5.27. The van der Waals surface area contributed by atoms with E-state index < -0.39 is 0 Å². The molecule has 0 bridgehead atoms. The highest BCUT2D eigenvalue weighted by Crippen LogP contribution is 2.21. The Morgan fingerprint density at radius 3 is 2.56 bits per heavy atom. The van der Waals surface area contributed by atoms with Crippen molar-refractivity contribution in [2.45, 2.75) is 6.92 Å². The Hall–Kier alpha value is -1.74. The van der Waals surface area contributed by atoms with E-state index in [4.69, 9.17) is 0 Å². The molecule has 0 heterocycles. The van der Waals surface area contributed by atoms with Crippen LogP contribution in [0.5, 0.6) is 0 Å². The van der Waals surface area contributed by atoms with Gasteiger partial charge in [0, 0.05) is 15.6 Å². The van der Waals surface area contributed by atoms with E-state index in [1.165, 1.54) is 6.08 Å². The maximum absolute atomic E-state index is 12.2. The molecule has 2 nitrogen and oxygen atoms in total. The molecule has 0 aromatic heterocycles. The molecule has 1 aromatic carbocycles. The van der Waals surface area contributed by atoms with Gasteiger partial charge in [0.25, 0.3) is 0 Å². The third-order valence-electron chi connectivity index (χ3n) is 2.67. The van der Waals surface area contributed by atoms with Crippen LogP contribution in [0.2, 0.25) is 0 Å². The molecule has 1 aliphatic rings. The summed E-state index contributed by atoms with van der Waals surface area (Å²) in [6.07, 6.45) is 8.36. The molecule has 0 aliphatic heterocycles. The fourth-order valence-electron chi connectivity index (χ4n) is 1.70. The van der Waals surface area contributed by atoms with Crippen LogP contribution < -0.4 is 0 Å². The number of rotatable bonds is 0. The fourth-order valence-corrected chi connectivity index (χ4v) is 2.06. The smallest absolute Gasteiger partial charge is 0.189 e. The largest absolute Gasteiger partial charge is 0.289 e. The topological polar surface area (TPSA) is 34.1 Å². The molecule has 3 heteroatoms. The third kappa shape index (κ3) is 2.57. The maximum Gasteiger partial charge on any atom is 0.189 e. The SMILES string of the molecule is C\C1=C/C=C\C=C\C(=O)c2cc(Br)ccc2C1=O. The summed E-state index contributed by atoms with van der Waals surface area (Å²) < 4.78 is 0.782. The van der Waals surface area contributed by atoms with Crippen LogP contribution >= 0.6 is 15.9 Å². The highest BCUT2D eigenvalue weighted by atomic mass is 79.9. The molecular weight excluding hydrogens is 292 g/mol. The number of carbonyl (C=O) groups is 2. The van der Waals surface area contributed by atoms with E-state index in [9.17, 15) is 9.59 Å². The zero-order valence-corrected chi connectivity index (χ0v) is 11.4. The number of carbonyl (C=O) groups excluding carboxylic acids is 2. The molecule has 0 saturated heterocycles. The summed E-state index contributed by atoms with van der Waals surface area (Å²) in [6, 6.07) is 5.12. The van der Waals surface area contributed by atoms with Gasteiger partial charge in [-0.1, -0.05) is 40.2 Å². The van der Waals surface area contributed by atoms with Crippen LogP contribution in [-0.4, -0.2) is 11.6 Å². The van der Waals surface area contributed by atoms with Gasteiger partial charge in [0.1, 0.15) is 0 Å². The van der Waals surface area contributed by atoms with E-state index in [1.807, 2.05) is 0 Å². The number of hydrogen-bond donors (Lipinski definition) is 0. The van der Waals surface area contributed by atoms with Gasteiger partial charge in [-0.3, -0.25) is 9.59 Å². The van der Waals surface area contributed by atoms with Gasteiger partial charge in [0.05, 0.1) is 0 Å². The highest BCUT2D eigenvalue weighted by Gasteiger charge is 2.17. The summed E-state index contributed by atoms with van der Waals surface area (Å²) >= 11 is 3.32. The van der Waals surface area contributed by atoms with Crippen molar-refractivity contribution in [1.82, 2.24) is 0 Å². The minimum atomic E-state index is -0.168. The minimum Gasteiger partial charge on any atom is -0.289 e. The van der Waals surface area contributed by atoms with Crippen LogP contribution in [0.25, 0.3) is 0 Å². The lowest BCUT2D eigenvalue weighted by molar-refractivity contribution is 0.100. The van der Waals surface area contributed by atoms with Crippen molar-refractivity contribution in [3.8, 4) is 0 Å². The monoisotopic (exact) mass is 302 g/mol. The van der Waals surface area contributed by atoms with Crippen molar-refractivity contribution in [2.24, 2.45) is 0 Å². The van der Waals surface area contributed by atoms with Crippen LogP contribution in [0, 0.1) is 0 Å². The van der Waals surface area contributed by atoms with Gasteiger partial charge < -0.3 is 0 Å². The summed E-state index contributed by atoms with van der Waals surface area (Å²) in [5, 5.41) is 0. The Morgan fingerprint density at radius 2 is 1.78 bits per heavy atom. The number of halogens is 1. The van der Waals surface area contributed by atoms with Crippen LogP contribution in [0.3, 0.4) is 0 Å². The van der Waals surface area contributed by atoms with Crippen molar-refractivity contribution in [2.75, 3.05) is 0 Å². The number of ketones is 2. The van der Waals surface area contributed by atoms with Crippen molar-refractivity contribution < 1.29 is 9.59 Å². The number of Topliss-reactive ketones (excluding diaryl/α,β-unsaturated/α-hetero) is 1. The standard InChI is InChI=1S/C15H11BrO2/c1-10-5-3-2-4-6-14(17)13-9-11(16)7-8-12(13)15(10)18/h2-9H,1H3/b3-2-,6-4+,10-5+. The van der Waals surface area contributed by atoms with Gasteiger partial charge in [-0.15, -0.1) is 0 Å². The van der Waals surface area contributed by atoms with Crippen LogP contribution in [0.15, 0.2) is 58.6 Å². The number of hydrogen-bond acceptors (Lipinski definition) is 2. The van der Waals surface area contributed by atoms with Gasteiger partial charge in [-0.25, -0.2) is 0 Å². The predicted molar refractivity (Wildman–Crippen MR) is 74.8 cm³/mol. The molecule has 1 aromatic rings. The molecule has 18 heavy (non-hydrogen) atoms. The first-order valence-electron chi connectivity index (χ1n) is 5.50. The van der Waals surface area contributed by atoms with Crippen LogP contribution in [0.1, 0.15) is 27.6 Å². The van der Waals surface area contributed by atoms with E-state index in [0.29, 0.717) is 16.7 Å². The zero-order chi connectivity index (χ0) is 13.1. The van der Waals surface area contributed by atoms with E-state index in [0.717, 1.165) is 4.47 Å². The lowest BCUT2D eigenvalue weighted by Crippen LogP contribution is -2.09. The molecule has 0 atom stereocenters. The van der Waals surface area contributed by atoms with Gasteiger partial charge in [-0.05, 0) is 36.8 Å². The minimum absolute atomic E-state index is 0.120. The fraction of sp³-hybridized carbons (Fsp3) is 0.0667. The second-order valence-electron chi connectivity index (χ2n) is 3.98. The molecule has 0 fully saturated rings. The van der Waals surface area contributed by atoms with Crippen molar-refractivity contribution in [3.63, 3.8) is 0 Å². The lowest BCUT2D eigenvalue weighted by atomic mass is 9.95. The number of fused-ring (bicyclic) bond motifs is 1. The highest BCUT2D eigenvalue weighted by molar-refractivity contribution is 9.10.